The summed E-state index contributed by atoms with van der Waals surface area (Å²) < 4.78 is 4.90. The van der Waals surface area contributed by atoms with Crippen LogP contribution in [0, 0.1) is 13.8 Å². The van der Waals surface area contributed by atoms with Gasteiger partial charge in [-0.15, -0.1) is 0 Å². The highest BCUT2D eigenvalue weighted by Gasteiger charge is 2.27. The monoisotopic (exact) mass is 347 g/mol. The molecule has 0 aromatic heterocycles. The van der Waals surface area contributed by atoms with Crippen LogP contribution in [0.5, 0.6) is 0 Å². The number of anilines is 1. The average Bonchev–Trinajstić information content (AvgIpc) is 2.87. The zero-order valence-electron chi connectivity index (χ0n) is 14.3. The van der Waals surface area contributed by atoms with Crippen LogP contribution in [0.25, 0.3) is 0 Å². The van der Waals surface area contributed by atoms with Crippen molar-refractivity contribution in [1.82, 2.24) is 10.2 Å². The predicted molar refractivity (Wildman–Crippen MR) is 89.9 cm³/mol. The van der Waals surface area contributed by atoms with E-state index in [-0.39, 0.29) is 38.4 Å². The fourth-order valence-electron chi connectivity index (χ4n) is 2.42. The van der Waals surface area contributed by atoms with E-state index in [4.69, 9.17) is 4.74 Å². The third kappa shape index (κ3) is 5.30. The largest absolute Gasteiger partial charge is 0.456 e. The summed E-state index contributed by atoms with van der Waals surface area (Å²) in [6.07, 6.45) is 0.310. The molecule has 0 aliphatic carbocycles. The van der Waals surface area contributed by atoms with E-state index < -0.39 is 17.9 Å². The molecule has 1 saturated heterocycles. The number of ether oxygens (including phenoxy) is 1. The zero-order chi connectivity index (χ0) is 18.4. The lowest BCUT2D eigenvalue weighted by Gasteiger charge is -2.12. The van der Waals surface area contributed by atoms with Crippen LogP contribution in [-0.2, 0) is 19.1 Å². The molecule has 0 saturated carbocycles. The van der Waals surface area contributed by atoms with Crippen LogP contribution < -0.4 is 10.6 Å². The average molecular weight is 347 g/mol. The maximum Gasteiger partial charge on any atom is 0.324 e. The van der Waals surface area contributed by atoms with Gasteiger partial charge in [0, 0.05) is 18.7 Å². The predicted octanol–water partition coefficient (Wildman–Crippen LogP) is 1.12. The first kappa shape index (κ1) is 18.4. The number of nitrogens with one attached hydrogen (secondary N) is 2. The lowest BCUT2D eigenvalue weighted by Crippen LogP contribution is -2.32. The highest BCUT2D eigenvalue weighted by atomic mass is 16.5. The van der Waals surface area contributed by atoms with Gasteiger partial charge in [0.05, 0.1) is 6.54 Å². The number of imide groups is 1. The quantitative estimate of drug-likeness (QED) is 0.568. The van der Waals surface area contributed by atoms with Crippen LogP contribution in [0.1, 0.15) is 24.0 Å². The molecule has 1 heterocycles. The number of amides is 4. The Morgan fingerprint density at radius 1 is 1.28 bits per heavy atom. The maximum absolute atomic E-state index is 11.8. The Hall–Kier alpha value is -2.90. The molecule has 0 atom stereocenters. The molecule has 0 spiro atoms. The molecule has 1 aliphatic rings. The van der Waals surface area contributed by atoms with Crippen molar-refractivity contribution in [3.8, 4) is 0 Å². The Morgan fingerprint density at radius 3 is 2.68 bits per heavy atom. The van der Waals surface area contributed by atoms with Gasteiger partial charge in [0.25, 0.3) is 5.91 Å². The lowest BCUT2D eigenvalue weighted by molar-refractivity contribution is -0.147. The summed E-state index contributed by atoms with van der Waals surface area (Å²) in [7, 11) is 0. The van der Waals surface area contributed by atoms with Gasteiger partial charge < -0.3 is 15.4 Å². The second kappa shape index (κ2) is 8.27. The third-order valence-corrected chi connectivity index (χ3v) is 3.72. The molecule has 8 nitrogen and oxygen atoms in total. The van der Waals surface area contributed by atoms with Gasteiger partial charge in [-0.05, 0) is 31.9 Å². The molecule has 4 amide bonds. The third-order valence-electron chi connectivity index (χ3n) is 3.72. The van der Waals surface area contributed by atoms with Gasteiger partial charge in [-0.1, -0.05) is 17.7 Å². The first-order chi connectivity index (χ1) is 11.9. The van der Waals surface area contributed by atoms with Crippen molar-refractivity contribution < 1.29 is 23.9 Å². The van der Waals surface area contributed by atoms with Crippen molar-refractivity contribution in [3.05, 3.63) is 29.3 Å². The second-order valence-corrected chi connectivity index (χ2v) is 5.83. The molecule has 8 heteroatoms. The van der Waals surface area contributed by atoms with E-state index in [1.54, 1.807) is 6.07 Å². The van der Waals surface area contributed by atoms with Gasteiger partial charge in [0.15, 0.2) is 6.61 Å². The Bertz CT molecular complexity index is 686. The zero-order valence-corrected chi connectivity index (χ0v) is 14.3. The molecular formula is C17H21N3O5. The Morgan fingerprint density at radius 2 is 2.04 bits per heavy atom. The molecule has 134 valence electrons. The van der Waals surface area contributed by atoms with E-state index in [0.29, 0.717) is 5.69 Å². The van der Waals surface area contributed by atoms with Crippen LogP contribution in [0.15, 0.2) is 18.2 Å². The maximum atomic E-state index is 11.8. The van der Waals surface area contributed by atoms with Crippen molar-refractivity contribution in [2.75, 3.05) is 25.0 Å². The Balaban J connectivity index is 1.68. The second-order valence-electron chi connectivity index (χ2n) is 5.83. The number of esters is 1. The summed E-state index contributed by atoms with van der Waals surface area (Å²) in [5, 5.41) is 5.08. The lowest BCUT2D eigenvalue weighted by atomic mass is 10.1. The minimum Gasteiger partial charge on any atom is -0.456 e. The highest BCUT2D eigenvalue weighted by Crippen LogP contribution is 2.15. The number of nitrogens with zero attached hydrogens (tertiary/aromatic N) is 1. The van der Waals surface area contributed by atoms with Gasteiger partial charge in [-0.3, -0.25) is 19.3 Å². The van der Waals surface area contributed by atoms with Crippen molar-refractivity contribution in [3.63, 3.8) is 0 Å². The van der Waals surface area contributed by atoms with Crippen LogP contribution in [0.2, 0.25) is 0 Å². The van der Waals surface area contributed by atoms with Crippen molar-refractivity contribution in [2.45, 2.75) is 26.7 Å². The van der Waals surface area contributed by atoms with E-state index in [1.807, 2.05) is 26.0 Å². The topological polar surface area (TPSA) is 105 Å². The smallest absolute Gasteiger partial charge is 0.324 e. The number of rotatable bonds is 7. The standard InChI is InChI=1S/C17H21N3O5/c1-11-5-6-13(12(2)8-11)19-14(21)10-25-16(23)4-3-7-20-15(22)9-18-17(20)24/h5-6,8H,3-4,7,9-10H2,1-2H3,(H,18,24)(H,19,21). The van der Waals surface area contributed by atoms with Gasteiger partial charge in [0.2, 0.25) is 5.91 Å². The molecule has 1 fully saturated rings. The van der Waals surface area contributed by atoms with E-state index in [0.717, 1.165) is 16.0 Å². The molecule has 0 bridgehead atoms. The summed E-state index contributed by atoms with van der Waals surface area (Å²) in [6.45, 7) is 3.59. The molecule has 0 unspecified atom stereocenters. The van der Waals surface area contributed by atoms with E-state index in [9.17, 15) is 19.2 Å². The van der Waals surface area contributed by atoms with Crippen LogP contribution in [-0.4, -0.2) is 48.4 Å². The van der Waals surface area contributed by atoms with Gasteiger partial charge in [-0.2, -0.15) is 0 Å². The molecule has 1 aromatic rings. The van der Waals surface area contributed by atoms with E-state index >= 15 is 0 Å². The van der Waals surface area contributed by atoms with Crippen molar-refractivity contribution >= 4 is 29.5 Å². The van der Waals surface area contributed by atoms with Crippen molar-refractivity contribution in [2.24, 2.45) is 0 Å². The summed E-state index contributed by atoms with van der Waals surface area (Å²) >= 11 is 0. The van der Waals surface area contributed by atoms with E-state index in [2.05, 4.69) is 10.6 Å². The van der Waals surface area contributed by atoms with Gasteiger partial charge in [0.1, 0.15) is 0 Å². The fraction of sp³-hybridized carbons (Fsp3) is 0.412. The number of hydrogen-bond acceptors (Lipinski definition) is 5. The minimum atomic E-state index is -0.553. The number of aryl methyl sites for hydroxylation is 2. The Kier molecular flexibility index (Phi) is 6.10. The van der Waals surface area contributed by atoms with Crippen LogP contribution >= 0.6 is 0 Å². The number of hydrogen-bond donors (Lipinski definition) is 2. The van der Waals surface area contributed by atoms with Crippen LogP contribution in [0.4, 0.5) is 10.5 Å². The summed E-state index contributed by atoms with van der Waals surface area (Å²) in [5.41, 5.74) is 2.69. The fourth-order valence-corrected chi connectivity index (χ4v) is 2.42. The minimum absolute atomic E-state index is 0.0120. The molecule has 1 aliphatic heterocycles. The SMILES string of the molecule is Cc1ccc(NC(=O)COC(=O)CCCN2C(=O)CNC2=O)c(C)c1. The number of carbonyl (C=O) groups excluding carboxylic acids is 4. The summed E-state index contributed by atoms with van der Waals surface area (Å²) in [6, 6.07) is 5.16. The van der Waals surface area contributed by atoms with Gasteiger partial charge >= 0.3 is 12.0 Å². The van der Waals surface area contributed by atoms with Crippen LogP contribution in [0.3, 0.4) is 0 Å². The summed E-state index contributed by atoms with van der Waals surface area (Å²) in [4.78, 5) is 47.2. The van der Waals surface area contributed by atoms with Crippen molar-refractivity contribution in [1.29, 1.82) is 0 Å². The molecule has 1 aromatic carbocycles. The molecule has 2 rings (SSSR count). The van der Waals surface area contributed by atoms with E-state index in [1.165, 1.54) is 0 Å². The normalized spacial score (nSPS) is 13.6. The Labute approximate surface area is 145 Å². The van der Waals surface area contributed by atoms with Gasteiger partial charge in [-0.25, -0.2) is 4.79 Å². The number of benzene rings is 1. The highest BCUT2D eigenvalue weighted by molar-refractivity contribution is 6.01. The first-order valence-corrected chi connectivity index (χ1v) is 7.97. The molecule has 0 radical (unpaired) electrons. The molecular weight excluding hydrogens is 326 g/mol. The molecule has 2 N–H and O–H groups in total. The first-order valence-electron chi connectivity index (χ1n) is 7.97. The number of urea groups is 1. The number of carbonyl (C=O) groups is 4. The molecule has 25 heavy (non-hydrogen) atoms. The summed E-state index contributed by atoms with van der Waals surface area (Å²) in [5.74, 6) is -1.29.